The lowest BCUT2D eigenvalue weighted by molar-refractivity contribution is 0.254. The standard InChI is InChI=1S/C14H23NO3S/c1-6-13(8-16)15-19(17,18)14-7-9(2)10(3)11(4)12(14)5/h7,13,15-16H,6,8H2,1-5H3. The summed E-state index contributed by atoms with van der Waals surface area (Å²) >= 11 is 0. The number of nitrogens with one attached hydrogen (secondary N) is 1. The second-order valence-corrected chi connectivity index (χ2v) is 6.66. The Labute approximate surface area is 115 Å². The van der Waals surface area contributed by atoms with Gasteiger partial charge in [-0.15, -0.1) is 0 Å². The van der Waals surface area contributed by atoms with Crippen LogP contribution < -0.4 is 4.72 Å². The molecule has 108 valence electrons. The minimum atomic E-state index is -3.59. The Morgan fingerprint density at radius 3 is 2.21 bits per heavy atom. The zero-order valence-electron chi connectivity index (χ0n) is 12.2. The molecule has 1 rings (SSSR count). The van der Waals surface area contributed by atoms with Crippen LogP contribution in [0.15, 0.2) is 11.0 Å². The molecule has 0 aliphatic rings. The number of aliphatic hydroxyl groups is 1. The molecule has 0 fully saturated rings. The van der Waals surface area contributed by atoms with Crippen molar-refractivity contribution in [1.82, 2.24) is 4.72 Å². The van der Waals surface area contributed by atoms with Crippen molar-refractivity contribution in [2.24, 2.45) is 0 Å². The monoisotopic (exact) mass is 285 g/mol. The number of hydrogen-bond donors (Lipinski definition) is 2. The number of sulfonamides is 1. The van der Waals surface area contributed by atoms with Crippen molar-refractivity contribution in [1.29, 1.82) is 0 Å². The van der Waals surface area contributed by atoms with Crippen LogP contribution in [0, 0.1) is 27.7 Å². The first-order valence-corrected chi connectivity index (χ1v) is 7.93. The van der Waals surface area contributed by atoms with Crippen LogP contribution in [0.2, 0.25) is 0 Å². The van der Waals surface area contributed by atoms with Gasteiger partial charge in [-0.1, -0.05) is 6.92 Å². The highest BCUT2D eigenvalue weighted by Gasteiger charge is 2.22. The highest BCUT2D eigenvalue weighted by Crippen LogP contribution is 2.24. The van der Waals surface area contributed by atoms with Gasteiger partial charge in [0.2, 0.25) is 10.0 Å². The Hall–Kier alpha value is -0.910. The predicted molar refractivity (Wildman–Crippen MR) is 76.9 cm³/mol. The van der Waals surface area contributed by atoms with Crippen molar-refractivity contribution < 1.29 is 13.5 Å². The largest absolute Gasteiger partial charge is 0.395 e. The fraction of sp³-hybridized carbons (Fsp3) is 0.571. The Morgan fingerprint density at radius 1 is 1.16 bits per heavy atom. The molecule has 1 atom stereocenters. The van der Waals surface area contributed by atoms with Crippen LogP contribution in [0.1, 0.15) is 35.6 Å². The van der Waals surface area contributed by atoms with Crippen LogP contribution in [0.25, 0.3) is 0 Å². The van der Waals surface area contributed by atoms with Crippen LogP contribution in [0.4, 0.5) is 0 Å². The van der Waals surface area contributed by atoms with Crippen LogP contribution in [0.5, 0.6) is 0 Å². The van der Waals surface area contributed by atoms with E-state index >= 15 is 0 Å². The highest BCUT2D eigenvalue weighted by molar-refractivity contribution is 7.89. The maximum atomic E-state index is 12.4. The van der Waals surface area contributed by atoms with Gasteiger partial charge in [-0.25, -0.2) is 13.1 Å². The summed E-state index contributed by atoms with van der Waals surface area (Å²) in [5, 5.41) is 9.13. The minimum absolute atomic E-state index is 0.196. The smallest absolute Gasteiger partial charge is 0.241 e. The molecule has 0 aromatic heterocycles. The molecule has 1 aromatic carbocycles. The number of aliphatic hydroxyl groups excluding tert-OH is 1. The van der Waals surface area contributed by atoms with E-state index in [1.165, 1.54) is 0 Å². The van der Waals surface area contributed by atoms with E-state index in [2.05, 4.69) is 4.72 Å². The molecule has 19 heavy (non-hydrogen) atoms. The van der Waals surface area contributed by atoms with Gasteiger partial charge < -0.3 is 5.11 Å². The van der Waals surface area contributed by atoms with Gasteiger partial charge in [-0.2, -0.15) is 0 Å². The van der Waals surface area contributed by atoms with Crippen LogP contribution in [0.3, 0.4) is 0 Å². The van der Waals surface area contributed by atoms with Gasteiger partial charge in [-0.05, 0) is 62.4 Å². The average molecular weight is 285 g/mol. The van der Waals surface area contributed by atoms with Gasteiger partial charge >= 0.3 is 0 Å². The van der Waals surface area contributed by atoms with E-state index in [1.54, 1.807) is 6.07 Å². The number of benzene rings is 1. The first-order valence-electron chi connectivity index (χ1n) is 6.45. The third-order valence-corrected chi connectivity index (χ3v) is 5.40. The van der Waals surface area contributed by atoms with Crippen molar-refractivity contribution >= 4 is 10.0 Å². The maximum Gasteiger partial charge on any atom is 0.241 e. The third kappa shape index (κ3) is 3.35. The fourth-order valence-corrected chi connectivity index (χ4v) is 3.68. The lowest BCUT2D eigenvalue weighted by atomic mass is 10.00. The Kier molecular flexibility index (Phi) is 5.12. The first kappa shape index (κ1) is 16.1. The predicted octanol–water partition coefficient (Wildman–Crippen LogP) is 1.97. The normalized spacial score (nSPS) is 13.6. The molecule has 0 aliphatic carbocycles. The van der Waals surface area contributed by atoms with E-state index < -0.39 is 16.1 Å². The fourth-order valence-electron chi connectivity index (χ4n) is 1.99. The maximum absolute atomic E-state index is 12.4. The van der Waals surface area contributed by atoms with Crippen LogP contribution in [-0.4, -0.2) is 26.2 Å². The summed E-state index contributed by atoms with van der Waals surface area (Å²) in [4.78, 5) is 0.306. The Balaban J connectivity index is 3.30. The molecule has 1 aromatic rings. The summed E-state index contributed by atoms with van der Waals surface area (Å²) in [6.45, 7) is 9.28. The third-order valence-electron chi connectivity index (χ3n) is 3.76. The molecule has 0 heterocycles. The zero-order valence-corrected chi connectivity index (χ0v) is 13.1. The SMILES string of the molecule is CCC(CO)NS(=O)(=O)c1cc(C)c(C)c(C)c1C. The van der Waals surface area contributed by atoms with Crippen molar-refractivity contribution in [2.45, 2.75) is 52.0 Å². The molecule has 5 heteroatoms. The van der Waals surface area contributed by atoms with Crippen molar-refractivity contribution in [3.8, 4) is 0 Å². The van der Waals surface area contributed by atoms with E-state index in [1.807, 2.05) is 34.6 Å². The van der Waals surface area contributed by atoms with Gasteiger partial charge in [0.25, 0.3) is 0 Å². The van der Waals surface area contributed by atoms with Crippen molar-refractivity contribution in [2.75, 3.05) is 6.61 Å². The molecule has 0 saturated heterocycles. The van der Waals surface area contributed by atoms with E-state index in [0.717, 1.165) is 22.3 Å². The molecule has 0 saturated carbocycles. The molecule has 0 amide bonds. The van der Waals surface area contributed by atoms with E-state index in [4.69, 9.17) is 5.11 Å². The molecular weight excluding hydrogens is 262 g/mol. The average Bonchev–Trinajstić information content (AvgIpc) is 2.37. The summed E-state index contributed by atoms with van der Waals surface area (Å²) in [6, 6.07) is 1.26. The molecule has 0 spiro atoms. The Bertz CT molecular complexity index is 561. The highest BCUT2D eigenvalue weighted by atomic mass is 32.2. The lowest BCUT2D eigenvalue weighted by Crippen LogP contribution is -2.37. The first-order chi connectivity index (χ1) is 8.74. The molecule has 2 N–H and O–H groups in total. The summed E-state index contributed by atoms with van der Waals surface area (Å²) in [5.41, 5.74) is 3.84. The van der Waals surface area contributed by atoms with Gasteiger partial charge in [0.15, 0.2) is 0 Å². The second-order valence-electron chi connectivity index (χ2n) is 4.98. The van der Waals surface area contributed by atoms with Gasteiger partial charge in [0, 0.05) is 6.04 Å². The summed E-state index contributed by atoms with van der Waals surface area (Å²) in [7, 11) is -3.59. The topological polar surface area (TPSA) is 66.4 Å². The van der Waals surface area contributed by atoms with Crippen molar-refractivity contribution in [3.05, 3.63) is 28.3 Å². The quantitative estimate of drug-likeness (QED) is 0.869. The molecule has 0 aliphatic heterocycles. The number of aryl methyl sites for hydroxylation is 1. The van der Waals surface area contributed by atoms with E-state index in [0.29, 0.717) is 11.3 Å². The van der Waals surface area contributed by atoms with E-state index in [9.17, 15) is 8.42 Å². The Morgan fingerprint density at radius 2 is 1.74 bits per heavy atom. The van der Waals surface area contributed by atoms with E-state index in [-0.39, 0.29) is 6.61 Å². The zero-order chi connectivity index (χ0) is 14.8. The summed E-state index contributed by atoms with van der Waals surface area (Å²) < 4.78 is 27.3. The summed E-state index contributed by atoms with van der Waals surface area (Å²) in [6.07, 6.45) is 0.554. The van der Waals surface area contributed by atoms with Crippen molar-refractivity contribution in [3.63, 3.8) is 0 Å². The van der Waals surface area contributed by atoms with Gasteiger partial charge in [-0.3, -0.25) is 0 Å². The minimum Gasteiger partial charge on any atom is -0.395 e. The molecule has 4 nitrogen and oxygen atoms in total. The lowest BCUT2D eigenvalue weighted by Gasteiger charge is -2.18. The second kappa shape index (κ2) is 6.03. The number of rotatable bonds is 5. The van der Waals surface area contributed by atoms with Gasteiger partial charge in [0.05, 0.1) is 11.5 Å². The number of hydrogen-bond acceptors (Lipinski definition) is 3. The molecule has 1 unspecified atom stereocenters. The molecule has 0 radical (unpaired) electrons. The molecular formula is C14H23NO3S. The molecule has 0 bridgehead atoms. The van der Waals surface area contributed by atoms with Crippen LogP contribution >= 0.6 is 0 Å². The van der Waals surface area contributed by atoms with Crippen LogP contribution in [-0.2, 0) is 10.0 Å². The summed E-state index contributed by atoms with van der Waals surface area (Å²) in [5.74, 6) is 0. The van der Waals surface area contributed by atoms with Gasteiger partial charge in [0.1, 0.15) is 0 Å².